The fraction of sp³-hybridized carbons (Fsp3) is 0.533. The second-order valence-electron chi connectivity index (χ2n) is 5.06. The molecular weight excluding hydrogens is 365 g/mol. The van der Waals surface area contributed by atoms with E-state index in [1.807, 2.05) is 31.2 Å². The van der Waals surface area contributed by atoms with Gasteiger partial charge in [0.2, 0.25) is 0 Å². The molecule has 0 spiro atoms. The molecule has 1 fully saturated rings. The number of guanidine groups is 1. The minimum atomic E-state index is 0. The molecule has 0 saturated heterocycles. The quantitative estimate of drug-likeness (QED) is 0.447. The lowest BCUT2D eigenvalue weighted by Crippen LogP contribution is -2.34. The first-order valence-corrected chi connectivity index (χ1v) is 6.97. The average Bonchev–Trinajstić information content (AvgIpc) is 3.20. The normalized spacial score (nSPS) is 16.2. The van der Waals surface area contributed by atoms with E-state index in [0.29, 0.717) is 18.5 Å². The van der Waals surface area contributed by atoms with Crippen molar-refractivity contribution < 1.29 is 4.74 Å². The Kier molecular flexibility index (Phi) is 7.12. The summed E-state index contributed by atoms with van der Waals surface area (Å²) in [7, 11) is 0. The van der Waals surface area contributed by atoms with E-state index in [-0.39, 0.29) is 30.1 Å². The molecule has 1 aromatic rings. The first-order chi connectivity index (χ1) is 9.19. The zero-order valence-electron chi connectivity index (χ0n) is 12.1. The molecule has 5 heteroatoms. The third kappa shape index (κ3) is 5.56. The Morgan fingerprint density at radius 2 is 2.15 bits per heavy atom. The maximum absolute atomic E-state index is 5.98. The summed E-state index contributed by atoms with van der Waals surface area (Å²) in [5, 5.41) is 3.18. The van der Waals surface area contributed by atoms with Gasteiger partial charge in [-0.3, -0.25) is 0 Å². The molecule has 0 aromatic heterocycles. The highest BCUT2D eigenvalue weighted by molar-refractivity contribution is 14.0. The van der Waals surface area contributed by atoms with Crippen LogP contribution in [-0.4, -0.2) is 24.7 Å². The van der Waals surface area contributed by atoms with E-state index in [9.17, 15) is 0 Å². The van der Waals surface area contributed by atoms with Gasteiger partial charge >= 0.3 is 0 Å². The summed E-state index contributed by atoms with van der Waals surface area (Å²) < 4.78 is 5.98. The molecule has 1 atom stereocenters. The van der Waals surface area contributed by atoms with Crippen LogP contribution in [0.1, 0.15) is 31.7 Å². The van der Waals surface area contributed by atoms with Crippen LogP contribution in [-0.2, 0) is 0 Å². The van der Waals surface area contributed by atoms with Gasteiger partial charge < -0.3 is 15.8 Å². The molecule has 0 radical (unpaired) electrons. The number of nitrogens with two attached hydrogens (primary N) is 1. The summed E-state index contributed by atoms with van der Waals surface area (Å²) in [5.74, 6) is 1.47. The second kappa shape index (κ2) is 8.34. The SMILES string of the molecule is CCC(CN=C(N)NC1CC1)Oc1ccccc1C.I. The number of rotatable bonds is 6. The van der Waals surface area contributed by atoms with Crippen molar-refractivity contribution in [3.8, 4) is 5.75 Å². The molecule has 0 amide bonds. The molecule has 1 aliphatic rings. The molecule has 3 N–H and O–H groups in total. The summed E-state index contributed by atoms with van der Waals surface area (Å²) >= 11 is 0. The van der Waals surface area contributed by atoms with E-state index in [2.05, 4.69) is 17.2 Å². The molecule has 2 rings (SSSR count). The topological polar surface area (TPSA) is 59.6 Å². The van der Waals surface area contributed by atoms with Gasteiger partial charge in [-0.25, -0.2) is 4.99 Å². The molecule has 1 aromatic carbocycles. The highest BCUT2D eigenvalue weighted by atomic mass is 127. The number of hydrogen-bond donors (Lipinski definition) is 2. The lowest BCUT2D eigenvalue weighted by atomic mass is 10.2. The molecule has 0 aliphatic heterocycles. The summed E-state index contributed by atoms with van der Waals surface area (Å²) in [6, 6.07) is 8.59. The fourth-order valence-electron chi connectivity index (χ4n) is 1.80. The first-order valence-electron chi connectivity index (χ1n) is 6.97. The van der Waals surface area contributed by atoms with Crippen LogP contribution in [0.5, 0.6) is 5.75 Å². The second-order valence-corrected chi connectivity index (χ2v) is 5.06. The van der Waals surface area contributed by atoms with Crippen LogP contribution in [0.4, 0.5) is 0 Å². The molecule has 1 aliphatic carbocycles. The summed E-state index contributed by atoms with van der Waals surface area (Å²) in [5.41, 5.74) is 6.97. The van der Waals surface area contributed by atoms with Gasteiger partial charge in [0.1, 0.15) is 11.9 Å². The van der Waals surface area contributed by atoms with Gasteiger partial charge in [-0.05, 0) is 37.8 Å². The number of para-hydroxylation sites is 1. The van der Waals surface area contributed by atoms with Crippen LogP contribution in [0.15, 0.2) is 29.3 Å². The van der Waals surface area contributed by atoms with Crippen molar-refractivity contribution in [3.05, 3.63) is 29.8 Å². The lowest BCUT2D eigenvalue weighted by molar-refractivity contribution is 0.204. The van der Waals surface area contributed by atoms with Gasteiger partial charge in [-0.15, -0.1) is 24.0 Å². The number of hydrogen-bond acceptors (Lipinski definition) is 2. The van der Waals surface area contributed by atoms with E-state index < -0.39 is 0 Å². The van der Waals surface area contributed by atoms with E-state index in [1.54, 1.807) is 0 Å². The van der Waals surface area contributed by atoms with Crippen molar-refractivity contribution in [2.45, 2.75) is 45.3 Å². The average molecular weight is 389 g/mol. The Labute approximate surface area is 138 Å². The van der Waals surface area contributed by atoms with Gasteiger partial charge in [0.25, 0.3) is 0 Å². The van der Waals surface area contributed by atoms with E-state index in [1.165, 1.54) is 12.8 Å². The van der Waals surface area contributed by atoms with E-state index in [4.69, 9.17) is 10.5 Å². The third-order valence-corrected chi connectivity index (χ3v) is 3.24. The molecule has 0 heterocycles. The molecule has 4 nitrogen and oxygen atoms in total. The Balaban J connectivity index is 0.00000200. The van der Waals surface area contributed by atoms with Crippen LogP contribution >= 0.6 is 24.0 Å². The Bertz CT molecular complexity index is 446. The molecule has 1 saturated carbocycles. The van der Waals surface area contributed by atoms with E-state index in [0.717, 1.165) is 17.7 Å². The van der Waals surface area contributed by atoms with Gasteiger partial charge in [0.05, 0.1) is 6.54 Å². The molecule has 20 heavy (non-hydrogen) atoms. The van der Waals surface area contributed by atoms with Crippen molar-refractivity contribution in [2.24, 2.45) is 10.7 Å². The Morgan fingerprint density at radius 1 is 1.45 bits per heavy atom. The van der Waals surface area contributed by atoms with Crippen molar-refractivity contribution in [1.29, 1.82) is 0 Å². The first kappa shape index (κ1) is 17.1. The third-order valence-electron chi connectivity index (χ3n) is 3.24. The standard InChI is InChI=1S/C15H23N3O.HI/c1-3-13(10-17-15(16)18-12-8-9-12)19-14-7-5-4-6-11(14)2;/h4-7,12-13H,3,8-10H2,1-2H3,(H3,16,17,18);1H. The number of ether oxygens (including phenoxy) is 1. The van der Waals surface area contributed by atoms with E-state index >= 15 is 0 Å². The number of halogens is 1. The van der Waals surface area contributed by atoms with Crippen molar-refractivity contribution in [2.75, 3.05) is 6.54 Å². The maximum atomic E-state index is 5.98. The monoisotopic (exact) mass is 389 g/mol. The summed E-state index contributed by atoms with van der Waals surface area (Å²) in [6.45, 7) is 4.74. The predicted octanol–water partition coefficient (Wildman–Crippen LogP) is 2.84. The minimum absolute atomic E-state index is 0. The smallest absolute Gasteiger partial charge is 0.188 e. The number of aryl methyl sites for hydroxylation is 1. The lowest BCUT2D eigenvalue weighted by Gasteiger charge is -2.17. The predicted molar refractivity (Wildman–Crippen MR) is 93.9 cm³/mol. The van der Waals surface area contributed by atoms with Gasteiger partial charge in [-0.2, -0.15) is 0 Å². The summed E-state index contributed by atoms with van der Waals surface area (Å²) in [4.78, 5) is 4.36. The Hall–Kier alpha value is -0.980. The fourth-order valence-corrected chi connectivity index (χ4v) is 1.80. The van der Waals surface area contributed by atoms with Crippen LogP contribution < -0.4 is 15.8 Å². The molecule has 0 bridgehead atoms. The van der Waals surface area contributed by atoms with Gasteiger partial charge in [-0.1, -0.05) is 25.1 Å². The van der Waals surface area contributed by atoms with Crippen molar-refractivity contribution >= 4 is 29.9 Å². The number of nitrogens with one attached hydrogen (secondary N) is 1. The highest BCUT2D eigenvalue weighted by Gasteiger charge is 2.21. The van der Waals surface area contributed by atoms with Crippen LogP contribution in [0.2, 0.25) is 0 Å². The summed E-state index contributed by atoms with van der Waals surface area (Å²) in [6.07, 6.45) is 3.38. The molecule has 1 unspecified atom stereocenters. The number of aliphatic imine (C=N–C) groups is 1. The van der Waals surface area contributed by atoms with Crippen LogP contribution in [0, 0.1) is 6.92 Å². The van der Waals surface area contributed by atoms with Crippen LogP contribution in [0.3, 0.4) is 0 Å². The van der Waals surface area contributed by atoms with Crippen molar-refractivity contribution in [3.63, 3.8) is 0 Å². The highest BCUT2D eigenvalue weighted by Crippen LogP contribution is 2.19. The Morgan fingerprint density at radius 3 is 2.75 bits per heavy atom. The number of benzene rings is 1. The maximum Gasteiger partial charge on any atom is 0.188 e. The minimum Gasteiger partial charge on any atom is -0.488 e. The van der Waals surface area contributed by atoms with Gasteiger partial charge in [0.15, 0.2) is 5.96 Å². The molecular formula is C15H24IN3O. The van der Waals surface area contributed by atoms with Crippen molar-refractivity contribution in [1.82, 2.24) is 5.32 Å². The number of nitrogens with zero attached hydrogens (tertiary/aromatic N) is 1. The van der Waals surface area contributed by atoms with Gasteiger partial charge in [0, 0.05) is 6.04 Å². The van der Waals surface area contributed by atoms with Crippen LogP contribution in [0.25, 0.3) is 0 Å². The zero-order chi connectivity index (χ0) is 13.7. The molecule has 112 valence electrons. The zero-order valence-corrected chi connectivity index (χ0v) is 14.5. The largest absolute Gasteiger partial charge is 0.488 e.